The van der Waals surface area contributed by atoms with Gasteiger partial charge in [0.15, 0.2) is 0 Å². The molecular formula is C22H22F6O3. The van der Waals surface area contributed by atoms with Crippen molar-refractivity contribution in [3.63, 3.8) is 0 Å². The van der Waals surface area contributed by atoms with Crippen molar-refractivity contribution >= 4 is 12.2 Å². The molecule has 1 N–H and O–H groups in total. The van der Waals surface area contributed by atoms with Crippen molar-refractivity contribution in [1.82, 2.24) is 0 Å². The summed E-state index contributed by atoms with van der Waals surface area (Å²) < 4.78 is 92.1. The lowest BCUT2D eigenvalue weighted by atomic mass is 9.87. The molecule has 0 bridgehead atoms. The van der Waals surface area contributed by atoms with E-state index >= 15 is 0 Å². The SMILES string of the molecule is CCCc1cc(C(OCOC)(C(F)(F)F)C(F)(F)F)cc(/C=C/c2ccccc2)c1O. The normalized spacial score (nSPS) is 13.2. The van der Waals surface area contributed by atoms with Gasteiger partial charge in [-0.25, -0.2) is 0 Å². The summed E-state index contributed by atoms with van der Waals surface area (Å²) in [5.74, 6) is -0.386. The number of halogens is 6. The van der Waals surface area contributed by atoms with Gasteiger partial charge in [0, 0.05) is 18.2 Å². The van der Waals surface area contributed by atoms with E-state index in [0.29, 0.717) is 24.1 Å². The zero-order valence-corrected chi connectivity index (χ0v) is 16.8. The number of rotatable bonds is 8. The highest BCUT2D eigenvalue weighted by atomic mass is 19.4. The fraction of sp³-hybridized carbons (Fsp3) is 0.364. The van der Waals surface area contributed by atoms with E-state index < -0.39 is 30.3 Å². The van der Waals surface area contributed by atoms with Gasteiger partial charge in [-0.1, -0.05) is 55.8 Å². The van der Waals surface area contributed by atoms with Gasteiger partial charge >= 0.3 is 12.4 Å². The van der Waals surface area contributed by atoms with E-state index in [2.05, 4.69) is 9.47 Å². The molecule has 0 saturated carbocycles. The number of aryl methyl sites for hydroxylation is 1. The molecular weight excluding hydrogens is 426 g/mol. The summed E-state index contributed by atoms with van der Waals surface area (Å²) in [6.07, 6.45) is -8.48. The number of hydrogen-bond donors (Lipinski definition) is 1. The highest BCUT2D eigenvalue weighted by molar-refractivity contribution is 5.74. The smallest absolute Gasteiger partial charge is 0.430 e. The van der Waals surface area contributed by atoms with Gasteiger partial charge in [0.05, 0.1) is 0 Å². The summed E-state index contributed by atoms with van der Waals surface area (Å²) in [4.78, 5) is 0. The summed E-state index contributed by atoms with van der Waals surface area (Å²) in [5, 5.41) is 10.5. The van der Waals surface area contributed by atoms with E-state index in [1.54, 1.807) is 37.3 Å². The van der Waals surface area contributed by atoms with Gasteiger partial charge in [-0.05, 0) is 29.7 Å². The van der Waals surface area contributed by atoms with E-state index in [4.69, 9.17) is 0 Å². The largest absolute Gasteiger partial charge is 0.507 e. The van der Waals surface area contributed by atoms with Crippen LogP contribution in [0.25, 0.3) is 12.2 Å². The van der Waals surface area contributed by atoms with Crippen LogP contribution in [0, 0.1) is 0 Å². The second-order valence-corrected chi connectivity index (χ2v) is 6.79. The first-order valence-corrected chi connectivity index (χ1v) is 9.33. The van der Waals surface area contributed by atoms with Crippen LogP contribution in [0.15, 0.2) is 42.5 Å². The van der Waals surface area contributed by atoms with Gasteiger partial charge in [0.1, 0.15) is 12.5 Å². The standard InChI is InChI=1S/C22H22F6O3/c1-3-7-16-12-18(20(21(23,24)25,22(26,27)28)31-14-30-2)13-17(19(16)29)11-10-15-8-5-4-6-9-15/h4-6,8-13,29H,3,7,14H2,1-2H3/b11-10+. The van der Waals surface area contributed by atoms with Crippen LogP contribution in [0.1, 0.15) is 35.6 Å². The molecule has 0 atom stereocenters. The Bertz CT molecular complexity index is 875. The van der Waals surface area contributed by atoms with Crippen LogP contribution in [0.3, 0.4) is 0 Å². The molecule has 3 nitrogen and oxygen atoms in total. The lowest BCUT2D eigenvalue weighted by Crippen LogP contribution is -2.56. The third-order valence-corrected chi connectivity index (χ3v) is 4.59. The van der Waals surface area contributed by atoms with E-state index in [-0.39, 0.29) is 23.3 Å². The number of benzene rings is 2. The Labute approximate surface area is 175 Å². The molecule has 2 aromatic rings. The summed E-state index contributed by atoms with van der Waals surface area (Å²) in [7, 11) is 0.921. The predicted molar refractivity (Wildman–Crippen MR) is 104 cm³/mol. The van der Waals surface area contributed by atoms with Crippen molar-refractivity contribution in [3.8, 4) is 5.75 Å². The number of ether oxygens (including phenoxy) is 2. The van der Waals surface area contributed by atoms with Gasteiger partial charge in [-0.15, -0.1) is 0 Å². The molecule has 0 aliphatic rings. The third kappa shape index (κ3) is 5.22. The third-order valence-electron chi connectivity index (χ3n) is 4.59. The molecule has 2 rings (SSSR count). The molecule has 0 amide bonds. The maximum absolute atomic E-state index is 13.9. The van der Waals surface area contributed by atoms with Crippen molar-refractivity contribution < 1.29 is 40.9 Å². The quantitative estimate of drug-likeness (QED) is 0.286. The van der Waals surface area contributed by atoms with Crippen LogP contribution >= 0.6 is 0 Å². The first-order chi connectivity index (χ1) is 14.5. The van der Waals surface area contributed by atoms with Crippen molar-refractivity contribution in [3.05, 3.63) is 64.7 Å². The average molecular weight is 448 g/mol. The highest BCUT2D eigenvalue weighted by Crippen LogP contribution is 2.54. The Morgan fingerprint density at radius 3 is 2.06 bits per heavy atom. The highest BCUT2D eigenvalue weighted by Gasteiger charge is 2.73. The van der Waals surface area contributed by atoms with Crippen molar-refractivity contribution in [1.29, 1.82) is 0 Å². The number of hydrogen-bond acceptors (Lipinski definition) is 3. The fourth-order valence-corrected chi connectivity index (χ4v) is 3.14. The Hall–Kier alpha value is -2.52. The molecule has 31 heavy (non-hydrogen) atoms. The minimum atomic E-state index is -5.84. The van der Waals surface area contributed by atoms with Crippen molar-refractivity contribution in [2.75, 3.05) is 13.9 Å². The number of aromatic hydroxyl groups is 1. The molecule has 0 radical (unpaired) electrons. The van der Waals surface area contributed by atoms with Crippen LogP contribution in [-0.2, 0) is 21.5 Å². The van der Waals surface area contributed by atoms with E-state index in [1.165, 1.54) is 12.2 Å². The summed E-state index contributed by atoms with van der Waals surface area (Å²) >= 11 is 0. The molecule has 0 unspecified atom stereocenters. The van der Waals surface area contributed by atoms with Gasteiger partial charge in [0.2, 0.25) is 0 Å². The maximum Gasteiger partial charge on any atom is 0.430 e. The van der Waals surface area contributed by atoms with E-state index in [0.717, 1.165) is 7.11 Å². The lowest BCUT2D eigenvalue weighted by molar-refractivity contribution is -0.400. The van der Waals surface area contributed by atoms with Gasteiger partial charge < -0.3 is 14.6 Å². The van der Waals surface area contributed by atoms with Crippen LogP contribution in [0.4, 0.5) is 26.3 Å². The summed E-state index contributed by atoms with van der Waals surface area (Å²) in [5.41, 5.74) is -5.40. The molecule has 0 aliphatic carbocycles. The molecule has 0 heterocycles. The first-order valence-electron chi connectivity index (χ1n) is 9.33. The van der Waals surface area contributed by atoms with Crippen LogP contribution < -0.4 is 0 Å². The molecule has 2 aromatic carbocycles. The summed E-state index contributed by atoms with van der Waals surface area (Å²) in [6.45, 7) is 0.450. The predicted octanol–water partition coefficient (Wildman–Crippen LogP) is 6.46. The second kappa shape index (κ2) is 9.74. The lowest BCUT2D eigenvalue weighted by Gasteiger charge is -2.37. The minimum absolute atomic E-state index is 0.0494. The Morgan fingerprint density at radius 1 is 0.935 bits per heavy atom. The monoisotopic (exact) mass is 448 g/mol. The molecule has 0 fully saturated rings. The molecule has 0 saturated heterocycles. The number of methoxy groups -OCH3 is 1. The zero-order valence-electron chi connectivity index (χ0n) is 16.8. The Kier molecular flexibility index (Phi) is 7.77. The van der Waals surface area contributed by atoms with Gasteiger partial charge in [-0.2, -0.15) is 26.3 Å². The number of phenolic OH excluding ortho intramolecular Hbond substituents is 1. The maximum atomic E-state index is 13.9. The van der Waals surface area contributed by atoms with E-state index in [9.17, 15) is 31.4 Å². The molecule has 170 valence electrons. The van der Waals surface area contributed by atoms with Crippen LogP contribution in [0.5, 0.6) is 5.75 Å². The van der Waals surface area contributed by atoms with Crippen LogP contribution in [0.2, 0.25) is 0 Å². The summed E-state index contributed by atoms with van der Waals surface area (Å²) in [6, 6.07) is 9.91. The van der Waals surface area contributed by atoms with Crippen molar-refractivity contribution in [2.45, 2.75) is 37.7 Å². The number of alkyl halides is 6. The van der Waals surface area contributed by atoms with Gasteiger partial charge in [-0.3, -0.25) is 0 Å². The Balaban J connectivity index is 2.76. The fourth-order valence-electron chi connectivity index (χ4n) is 3.14. The molecule has 0 aliphatic heterocycles. The molecule has 9 heteroatoms. The van der Waals surface area contributed by atoms with E-state index in [1.807, 2.05) is 0 Å². The second-order valence-electron chi connectivity index (χ2n) is 6.79. The first kappa shape index (κ1) is 24.7. The zero-order chi connectivity index (χ0) is 23.3. The molecule has 0 aromatic heterocycles. The van der Waals surface area contributed by atoms with Crippen molar-refractivity contribution in [2.24, 2.45) is 0 Å². The minimum Gasteiger partial charge on any atom is -0.507 e. The average Bonchev–Trinajstić information content (AvgIpc) is 2.68. The Morgan fingerprint density at radius 2 is 1.55 bits per heavy atom. The number of phenols is 1. The van der Waals surface area contributed by atoms with Gasteiger partial charge in [0.25, 0.3) is 5.60 Å². The molecule has 0 spiro atoms. The van der Waals surface area contributed by atoms with Crippen LogP contribution in [-0.4, -0.2) is 31.4 Å². The topological polar surface area (TPSA) is 38.7 Å².